The summed E-state index contributed by atoms with van der Waals surface area (Å²) in [6, 6.07) is 3.71. The highest BCUT2D eigenvalue weighted by Crippen LogP contribution is 2.30. The molecule has 0 amide bonds. The molecule has 2 aromatic rings. The van der Waals surface area contributed by atoms with Crippen LogP contribution in [0.3, 0.4) is 0 Å². The van der Waals surface area contributed by atoms with E-state index in [0.717, 1.165) is 33.7 Å². The van der Waals surface area contributed by atoms with E-state index in [1.54, 1.807) is 6.20 Å². The van der Waals surface area contributed by atoms with Gasteiger partial charge in [0.2, 0.25) is 0 Å². The number of aromatic nitrogens is 3. The van der Waals surface area contributed by atoms with Crippen molar-refractivity contribution < 1.29 is 0 Å². The van der Waals surface area contributed by atoms with Crippen LogP contribution < -0.4 is 5.32 Å². The first-order valence-corrected chi connectivity index (χ1v) is 7.18. The SMILES string of the molecule is CCc1nc(NC)c(C)c(Sc2ccc(Cl)cn2)n1. The summed E-state index contributed by atoms with van der Waals surface area (Å²) in [5.41, 5.74) is 1.03. The first kappa shape index (κ1) is 14.1. The zero-order valence-corrected chi connectivity index (χ0v) is 12.6. The van der Waals surface area contributed by atoms with Gasteiger partial charge < -0.3 is 5.32 Å². The molecule has 0 saturated carbocycles. The van der Waals surface area contributed by atoms with Crippen LogP contribution in [0.15, 0.2) is 28.4 Å². The van der Waals surface area contributed by atoms with Gasteiger partial charge in [0.15, 0.2) is 0 Å². The molecule has 4 nitrogen and oxygen atoms in total. The minimum atomic E-state index is 0.633. The fourth-order valence-electron chi connectivity index (χ4n) is 1.56. The second-order valence-corrected chi connectivity index (χ2v) is 5.38. The van der Waals surface area contributed by atoms with Gasteiger partial charge in [0.1, 0.15) is 21.7 Å². The van der Waals surface area contributed by atoms with Crippen molar-refractivity contribution in [2.75, 3.05) is 12.4 Å². The van der Waals surface area contributed by atoms with Gasteiger partial charge in [-0.2, -0.15) is 0 Å². The topological polar surface area (TPSA) is 50.7 Å². The first-order valence-electron chi connectivity index (χ1n) is 5.98. The molecule has 0 spiro atoms. The number of hydrogen-bond acceptors (Lipinski definition) is 5. The van der Waals surface area contributed by atoms with Gasteiger partial charge in [-0.15, -0.1) is 0 Å². The van der Waals surface area contributed by atoms with E-state index >= 15 is 0 Å². The molecule has 6 heteroatoms. The van der Waals surface area contributed by atoms with E-state index in [4.69, 9.17) is 11.6 Å². The van der Waals surface area contributed by atoms with Gasteiger partial charge >= 0.3 is 0 Å². The zero-order chi connectivity index (χ0) is 13.8. The van der Waals surface area contributed by atoms with Crippen molar-refractivity contribution in [2.24, 2.45) is 0 Å². The van der Waals surface area contributed by atoms with Gasteiger partial charge in [0, 0.05) is 25.2 Å². The maximum Gasteiger partial charge on any atom is 0.133 e. The Morgan fingerprint density at radius 3 is 2.68 bits per heavy atom. The lowest BCUT2D eigenvalue weighted by Gasteiger charge is -2.10. The monoisotopic (exact) mass is 294 g/mol. The van der Waals surface area contributed by atoms with Crippen molar-refractivity contribution in [1.82, 2.24) is 15.0 Å². The van der Waals surface area contributed by atoms with E-state index in [-0.39, 0.29) is 0 Å². The Labute approximate surface area is 122 Å². The van der Waals surface area contributed by atoms with Gasteiger partial charge in [0.25, 0.3) is 0 Å². The summed E-state index contributed by atoms with van der Waals surface area (Å²) in [5, 5.41) is 5.53. The van der Waals surface area contributed by atoms with Crippen molar-refractivity contribution >= 4 is 29.2 Å². The van der Waals surface area contributed by atoms with Crippen LogP contribution in [0, 0.1) is 6.92 Å². The minimum Gasteiger partial charge on any atom is -0.373 e. The summed E-state index contributed by atoms with van der Waals surface area (Å²) in [4.78, 5) is 13.3. The Morgan fingerprint density at radius 1 is 1.32 bits per heavy atom. The lowest BCUT2D eigenvalue weighted by molar-refractivity contribution is 0.873. The molecule has 0 aromatic carbocycles. The Hall–Kier alpha value is -1.33. The molecule has 0 bridgehead atoms. The van der Waals surface area contributed by atoms with Crippen LogP contribution in [0.2, 0.25) is 5.02 Å². The number of nitrogens with zero attached hydrogens (tertiary/aromatic N) is 3. The van der Waals surface area contributed by atoms with Crippen molar-refractivity contribution in [1.29, 1.82) is 0 Å². The van der Waals surface area contributed by atoms with Crippen molar-refractivity contribution in [2.45, 2.75) is 30.3 Å². The van der Waals surface area contributed by atoms with Gasteiger partial charge in [-0.25, -0.2) is 15.0 Å². The summed E-state index contributed by atoms with van der Waals surface area (Å²) >= 11 is 7.36. The third kappa shape index (κ3) is 3.36. The third-order valence-electron chi connectivity index (χ3n) is 2.60. The van der Waals surface area contributed by atoms with E-state index in [2.05, 4.69) is 20.3 Å². The van der Waals surface area contributed by atoms with Crippen LogP contribution in [0.5, 0.6) is 0 Å². The van der Waals surface area contributed by atoms with E-state index < -0.39 is 0 Å². The largest absolute Gasteiger partial charge is 0.373 e. The molecule has 0 aliphatic carbocycles. The molecular weight excluding hydrogens is 280 g/mol. The lowest BCUT2D eigenvalue weighted by atomic mass is 10.3. The molecule has 0 saturated heterocycles. The van der Waals surface area contributed by atoms with Gasteiger partial charge in [-0.05, 0) is 30.8 Å². The van der Waals surface area contributed by atoms with Gasteiger partial charge in [-0.3, -0.25) is 0 Å². The van der Waals surface area contributed by atoms with Gasteiger partial charge in [-0.1, -0.05) is 18.5 Å². The third-order valence-corrected chi connectivity index (χ3v) is 3.87. The molecule has 2 heterocycles. The first-order chi connectivity index (χ1) is 9.13. The van der Waals surface area contributed by atoms with Crippen LogP contribution in [-0.4, -0.2) is 22.0 Å². The van der Waals surface area contributed by atoms with Crippen molar-refractivity contribution in [3.05, 3.63) is 34.7 Å². The maximum absolute atomic E-state index is 5.83. The summed E-state index contributed by atoms with van der Waals surface area (Å²) in [5.74, 6) is 1.69. The van der Waals surface area contributed by atoms with Crippen molar-refractivity contribution in [3.8, 4) is 0 Å². The van der Waals surface area contributed by atoms with E-state index in [1.165, 1.54) is 11.8 Å². The highest BCUT2D eigenvalue weighted by Gasteiger charge is 2.11. The number of anilines is 1. The average molecular weight is 295 g/mol. The Balaban J connectivity index is 2.35. The smallest absolute Gasteiger partial charge is 0.133 e. The summed E-state index contributed by atoms with van der Waals surface area (Å²) in [7, 11) is 1.86. The normalized spacial score (nSPS) is 10.5. The molecule has 2 rings (SSSR count). The van der Waals surface area contributed by atoms with Gasteiger partial charge in [0.05, 0.1) is 5.02 Å². The van der Waals surface area contributed by atoms with Crippen molar-refractivity contribution in [3.63, 3.8) is 0 Å². The summed E-state index contributed by atoms with van der Waals surface area (Å²) in [6.07, 6.45) is 2.44. The number of hydrogen-bond donors (Lipinski definition) is 1. The molecule has 0 atom stereocenters. The molecule has 0 unspecified atom stereocenters. The van der Waals surface area contributed by atoms with Crippen LogP contribution in [0.1, 0.15) is 18.3 Å². The summed E-state index contributed by atoms with van der Waals surface area (Å²) < 4.78 is 0. The second-order valence-electron chi connectivity index (χ2n) is 3.94. The predicted molar refractivity (Wildman–Crippen MR) is 79.1 cm³/mol. The summed E-state index contributed by atoms with van der Waals surface area (Å²) in [6.45, 7) is 4.04. The zero-order valence-electron chi connectivity index (χ0n) is 11.1. The molecule has 100 valence electrons. The quantitative estimate of drug-likeness (QED) is 0.873. The van der Waals surface area contributed by atoms with Crippen LogP contribution in [0.4, 0.5) is 5.82 Å². The number of aryl methyl sites for hydroxylation is 1. The number of pyridine rings is 1. The van der Waals surface area contributed by atoms with E-state index in [1.807, 2.05) is 33.0 Å². The Kier molecular flexibility index (Phi) is 4.61. The molecule has 0 aliphatic heterocycles. The fraction of sp³-hybridized carbons (Fsp3) is 0.308. The highest BCUT2D eigenvalue weighted by atomic mass is 35.5. The van der Waals surface area contributed by atoms with Crippen LogP contribution >= 0.6 is 23.4 Å². The highest BCUT2D eigenvalue weighted by molar-refractivity contribution is 7.99. The molecular formula is C13H15ClN4S. The molecule has 1 N–H and O–H groups in total. The van der Waals surface area contributed by atoms with Crippen LogP contribution in [-0.2, 0) is 6.42 Å². The molecule has 19 heavy (non-hydrogen) atoms. The Morgan fingerprint density at radius 2 is 2.11 bits per heavy atom. The predicted octanol–water partition coefficient (Wildman–Crippen LogP) is 3.59. The number of rotatable bonds is 4. The van der Waals surface area contributed by atoms with Crippen LogP contribution in [0.25, 0.3) is 0 Å². The molecule has 0 aliphatic rings. The lowest BCUT2D eigenvalue weighted by Crippen LogP contribution is -2.04. The fourth-order valence-corrected chi connectivity index (χ4v) is 2.51. The molecule has 2 aromatic heterocycles. The number of nitrogens with one attached hydrogen (secondary N) is 1. The molecule has 0 radical (unpaired) electrons. The van der Waals surface area contributed by atoms with E-state index in [9.17, 15) is 0 Å². The minimum absolute atomic E-state index is 0.633. The maximum atomic E-state index is 5.83. The van der Waals surface area contributed by atoms with E-state index in [0.29, 0.717) is 5.02 Å². The Bertz CT molecular complexity index is 572. The number of halogens is 1. The second kappa shape index (κ2) is 6.21. The molecule has 0 fully saturated rings. The average Bonchev–Trinajstić information content (AvgIpc) is 2.43. The standard InChI is InChI=1S/C13H15ClN4S/c1-4-10-17-12(15-3)8(2)13(18-10)19-11-6-5-9(14)7-16-11/h5-7H,4H2,1-3H3,(H,15,17,18).